The van der Waals surface area contributed by atoms with E-state index in [1.54, 1.807) is 6.07 Å². The van der Waals surface area contributed by atoms with Gasteiger partial charge in [0.25, 0.3) is 5.56 Å². The fraction of sp³-hybridized carbons (Fsp3) is 0.174. The first-order chi connectivity index (χ1) is 14.7. The Morgan fingerprint density at radius 2 is 2.00 bits per heavy atom. The predicted octanol–water partition coefficient (Wildman–Crippen LogP) is 2.51. The molecule has 0 saturated carbocycles. The standard InChI is InChI=1S/C23H19N3O4/c1-2-13-29-17-9-7-16(8-10-17)11-12-24-20(27)14-26-15-25-21-18-5-3-4-6-19(18)30-22(21)23(26)28/h1,3-10,15H,11-14H2,(H,24,27). The van der Waals surface area contributed by atoms with E-state index in [1.807, 2.05) is 42.5 Å². The molecule has 0 fully saturated rings. The summed E-state index contributed by atoms with van der Waals surface area (Å²) in [5.41, 5.74) is 1.91. The van der Waals surface area contributed by atoms with Crippen LogP contribution in [0.3, 0.4) is 0 Å². The third-order valence-corrected chi connectivity index (χ3v) is 4.65. The number of nitrogens with one attached hydrogen (secondary N) is 1. The van der Waals surface area contributed by atoms with Crippen LogP contribution in [0.25, 0.3) is 22.1 Å². The van der Waals surface area contributed by atoms with Crippen LogP contribution in [0, 0.1) is 12.3 Å². The number of amides is 1. The number of carbonyl (C=O) groups is 1. The van der Waals surface area contributed by atoms with Gasteiger partial charge in [0.2, 0.25) is 11.5 Å². The van der Waals surface area contributed by atoms with E-state index in [0.29, 0.717) is 29.8 Å². The van der Waals surface area contributed by atoms with E-state index >= 15 is 0 Å². The van der Waals surface area contributed by atoms with Crippen LogP contribution >= 0.6 is 0 Å². The Bertz CT molecular complexity index is 1300. The Morgan fingerprint density at radius 3 is 2.80 bits per heavy atom. The molecular weight excluding hydrogens is 382 g/mol. The van der Waals surface area contributed by atoms with Crippen molar-refractivity contribution in [1.82, 2.24) is 14.9 Å². The van der Waals surface area contributed by atoms with Crippen LogP contribution in [0.4, 0.5) is 0 Å². The minimum Gasteiger partial charge on any atom is -0.481 e. The largest absolute Gasteiger partial charge is 0.481 e. The van der Waals surface area contributed by atoms with E-state index in [-0.39, 0.29) is 30.2 Å². The summed E-state index contributed by atoms with van der Waals surface area (Å²) in [7, 11) is 0. The van der Waals surface area contributed by atoms with Crippen molar-refractivity contribution in [3.8, 4) is 18.1 Å². The van der Waals surface area contributed by atoms with Gasteiger partial charge >= 0.3 is 0 Å². The topological polar surface area (TPSA) is 86.4 Å². The van der Waals surface area contributed by atoms with Crippen LogP contribution in [-0.4, -0.2) is 28.6 Å². The van der Waals surface area contributed by atoms with Crippen molar-refractivity contribution in [1.29, 1.82) is 0 Å². The normalized spacial score (nSPS) is 10.8. The first kappa shape index (κ1) is 19.3. The number of fused-ring (bicyclic) bond motifs is 3. The number of hydrogen-bond acceptors (Lipinski definition) is 5. The predicted molar refractivity (Wildman–Crippen MR) is 113 cm³/mol. The van der Waals surface area contributed by atoms with Crippen LogP contribution in [0.1, 0.15) is 5.56 Å². The quantitative estimate of drug-likeness (QED) is 0.481. The van der Waals surface area contributed by atoms with Crippen LogP contribution in [0.5, 0.6) is 5.75 Å². The summed E-state index contributed by atoms with van der Waals surface area (Å²) < 4.78 is 12.2. The van der Waals surface area contributed by atoms with Crippen molar-refractivity contribution in [3.63, 3.8) is 0 Å². The Labute approximate surface area is 172 Å². The highest BCUT2D eigenvalue weighted by Gasteiger charge is 2.14. The molecule has 4 aromatic rings. The van der Waals surface area contributed by atoms with E-state index in [2.05, 4.69) is 16.2 Å². The molecule has 2 heterocycles. The van der Waals surface area contributed by atoms with Gasteiger partial charge in [-0.2, -0.15) is 0 Å². The van der Waals surface area contributed by atoms with Crippen LogP contribution in [-0.2, 0) is 17.8 Å². The number of nitrogens with zero attached hydrogens (tertiary/aromatic N) is 2. The van der Waals surface area contributed by atoms with Crippen molar-refractivity contribution in [2.45, 2.75) is 13.0 Å². The summed E-state index contributed by atoms with van der Waals surface area (Å²) in [6.07, 6.45) is 7.19. The van der Waals surface area contributed by atoms with Crippen molar-refractivity contribution in [2.24, 2.45) is 0 Å². The van der Waals surface area contributed by atoms with E-state index in [1.165, 1.54) is 10.9 Å². The molecule has 0 bridgehead atoms. The molecule has 0 spiro atoms. The van der Waals surface area contributed by atoms with Crippen LogP contribution in [0.2, 0.25) is 0 Å². The van der Waals surface area contributed by atoms with Crippen molar-refractivity contribution >= 4 is 28.0 Å². The van der Waals surface area contributed by atoms with E-state index in [0.717, 1.165) is 10.9 Å². The average molecular weight is 401 g/mol. The zero-order chi connectivity index (χ0) is 20.9. The summed E-state index contributed by atoms with van der Waals surface area (Å²) in [5, 5.41) is 3.59. The molecule has 1 N–H and O–H groups in total. The van der Waals surface area contributed by atoms with E-state index < -0.39 is 0 Å². The maximum Gasteiger partial charge on any atom is 0.297 e. The highest BCUT2D eigenvalue weighted by molar-refractivity contribution is 6.01. The van der Waals surface area contributed by atoms with Crippen LogP contribution < -0.4 is 15.6 Å². The second-order valence-electron chi connectivity index (χ2n) is 6.69. The van der Waals surface area contributed by atoms with Gasteiger partial charge in [-0.3, -0.25) is 14.2 Å². The lowest BCUT2D eigenvalue weighted by Gasteiger charge is -2.08. The number of furan rings is 1. The Kier molecular flexibility index (Phi) is 5.48. The summed E-state index contributed by atoms with van der Waals surface area (Å²) in [5.74, 6) is 2.84. The van der Waals surface area contributed by atoms with E-state index in [4.69, 9.17) is 15.6 Å². The number of ether oxygens (including phenoxy) is 1. The SMILES string of the molecule is C#CCOc1ccc(CCNC(=O)Cn2cnc3c(oc4ccccc43)c2=O)cc1. The minimum atomic E-state index is -0.381. The summed E-state index contributed by atoms with van der Waals surface area (Å²) in [6, 6.07) is 14.8. The van der Waals surface area contributed by atoms with E-state index in [9.17, 15) is 9.59 Å². The Morgan fingerprint density at radius 1 is 1.20 bits per heavy atom. The highest BCUT2D eigenvalue weighted by atomic mass is 16.5. The Hall–Kier alpha value is -4.05. The molecule has 7 heteroatoms. The zero-order valence-electron chi connectivity index (χ0n) is 16.1. The maximum absolute atomic E-state index is 12.7. The number of benzene rings is 2. The van der Waals surface area contributed by atoms with Crippen molar-refractivity contribution in [3.05, 3.63) is 70.8 Å². The molecular formula is C23H19N3O4. The van der Waals surface area contributed by atoms with Gasteiger partial charge in [-0.15, -0.1) is 6.42 Å². The van der Waals surface area contributed by atoms with Gasteiger partial charge in [-0.25, -0.2) is 4.98 Å². The minimum absolute atomic E-state index is 0.127. The number of terminal acetylenes is 1. The summed E-state index contributed by atoms with van der Waals surface area (Å²) >= 11 is 0. The first-order valence-electron chi connectivity index (χ1n) is 9.44. The molecule has 150 valence electrons. The monoisotopic (exact) mass is 401 g/mol. The van der Waals surface area contributed by atoms with Gasteiger partial charge in [0, 0.05) is 11.9 Å². The highest BCUT2D eigenvalue weighted by Crippen LogP contribution is 2.23. The lowest BCUT2D eigenvalue weighted by atomic mass is 10.1. The number of para-hydroxylation sites is 1. The second-order valence-corrected chi connectivity index (χ2v) is 6.69. The van der Waals surface area contributed by atoms with Gasteiger partial charge in [-0.1, -0.05) is 30.2 Å². The van der Waals surface area contributed by atoms with Gasteiger partial charge in [0.05, 0.1) is 6.33 Å². The summed E-state index contributed by atoms with van der Waals surface area (Å²) in [6.45, 7) is 0.541. The molecule has 2 aromatic carbocycles. The average Bonchev–Trinajstić information content (AvgIpc) is 3.15. The molecule has 0 atom stereocenters. The molecule has 4 rings (SSSR count). The fourth-order valence-electron chi connectivity index (χ4n) is 3.16. The van der Waals surface area contributed by atoms with Gasteiger partial charge < -0.3 is 14.5 Å². The number of hydrogen-bond donors (Lipinski definition) is 1. The second kappa shape index (κ2) is 8.53. The van der Waals surface area contributed by atoms with Crippen LogP contribution in [0.15, 0.2) is 64.1 Å². The lowest BCUT2D eigenvalue weighted by Crippen LogP contribution is -2.33. The molecule has 0 radical (unpaired) electrons. The molecule has 0 saturated heterocycles. The Balaban J connectivity index is 1.36. The molecule has 0 unspecified atom stereocenters. The first-order valence-corrected chi connectivity index (χ1v) is 9.44. The molecule has 1 amide bonds. The number of rotatable bonds is 7. The third-order valence-electron chi connectivity index (χ3n) is 4.65. The van der Waals surface area contributed by atoms with Crippen molar-refractivity contribution in [2.75, 3.05) is 13.2 Å². The summed E-state index contributed by atoms with van der Waals surface area (Å²) in [4.78, 5) is 29.2. The smallest absolute Gasteiger partial charge is 0.297 e. The number of carbonyl (C=O) groups excluding carboxylic acids is 1. The number of aromatic nitrogens is 2. The molecule has 0 aliphatic rings. The van der Waals surface area contributed by atoms with Gasteiger partial charge in [0.15, 0.2) is 0 Å². The fourth-order valence-corrected chi connectivity index (χ4v) is 3.16. The maximum atomic E-state index is 12.7. The molecule has 0 aliphatic heterocycles. The molecule has 2 aromatic heterocycles. The zero-order valence-corrected chi connectivity index (χ0v) is 16.1. The van der Waals surface area contributed by atoms with Gasteiger partial charge in [0.1, 0.15) is 30.0 Å². The molecule has 30 heavy (non-hydrogen) atoms. The van der Waals surface area contributed by atoms with Crippen molar-refractivity contribution < 1.29 is 13.9 Å². The molecule has 7 nitrogen and oxygen atoms in total. The molecule has 0 aliphatic carbocycles. The lowest BCUT2D eigenvalue weighted by molar-refractivity contribution is -0.121. The third kappa shape index (κ3) is 4.03. The van der Waals surface area contributed by atoms with Gasteiger partial charge in [-0.05, 0) is 36.2 Å².